The number of para-hydroxylation sites is 1. The first-order valence-corrected chi connectivity index (χ1v) is 9.55. The van der Waals surface area contributed by atoms with Gasteiger partial charge >= 0.3 is 0 Å². The normalized spacial score (nSPS) is 14.7. The van der Waals surface area contributed by atoms with Gasteiger partial charge in [0.15, 0.2) is 0 Å². The van der Waals surface area contributed by atoms with E-state index in [0.29, 0.717) is 18.9 Å². The van der Waals surface area contributed by atoms with E-state index in [9.17, 15) is 4.79 Å². The molecule has 0 saturated heterocycles. The third-order valence-electron chi connectivity index (χ3n) is 4.88. The number of benzene rings is 2. The van der Waals surface area contributed by atoms with Crippen LogP contribution in [0.25, 0.3) is 10.9 Å². The number of nitrogens with zero attached hydrogens (tertiary/aromatic N) is 2. The summed E-state index contributed by atoms with van der Waals surface area (Å²) in [5, 5.41) is 7.39. The first-order chi connectivity index (χ1) is 13.2. The summed E-state index contributed by atoms with van der Waals surface area (Å²) in [6.07, 6.45) is 2.73. The fraction of sp³-hybridized carbons (Fsp3) is 0.318. The van der Waals surface area contributed by atoms with E-state index in [1.165, 1.54) is 0 Å². The summed E-state index contributed by atoms with van der Waals surface area (Å²) in [5.74, 6) is 2.26. The summed E-state index contributed by atoms with van der Waals surface area (Å²) in [4.78, 5) is 21.7. The molecule has 0 aliphatic heterocycles. The topological polar surface area (TPSA) is 66.9 Å². The van der Waals surface area contributed by atoms with Crippen molar-refractivity contribution in [3.63, 3.8) is 0 Å². The minimum atomic E-state index is 0.0000460. The van der Waals surface area contributed by atoms with E-state index >= 15 is 0 Å². The number of carbonyl (C=O) groups excluding carboxylic acids is 1. The van der Waals surface area contributed by atoms with Gasteiger partial charge in [-0.2, -0.15) is 0 Å². The van der Waals surface area contributed by atoms with Gasteiger partial charge in [0.25, 0.3) is 0 Å². The summed E-state index contributed by atoms with van der Waals surface area (Å²) < 4.78 is 0. The molecule has 0 spiro atoms. The van der Waals surface area contributed by atoms with Crippen LogP contribution in [0.2, 0.25) is 0 Å². The molecule has 0 bridgehead atoms. The lowest BCUT2D eigenvalue weighted by molar-refractivity contribution is -0.121. The number of aromatic nitrogens is 2. The predicted molar refractivity (Wildman–Crippen MR) is 108 cm³/mol. The molecule has 4 rings (SSSR count). The highest BCUT2D eigenvalue weighted by atomic mass is 16.1. The van der Waals surface area contributed by atoms with E-state index in [0.717, 1.165) is 41.0 Å². The van der Waals surface area contributed by atoms with Crippen molar-refractivity contribution in [1.29, 1.82) is 0 Å². The SMILES string of the molecule is CC(NC(=O)CCNc1nc(C2CC2)nc2ccccc12)c1ccccc1. The molecule has 1 amide bonds. The van der Waals surface area contributed by atoms with Gasteiger partial charge in [-0.25, -0.2) is 9.97 Å². The smallest absolute Gasteiger partial charge is 0.222 e. The number of fused-ring (bicyclic) bond motifs is 1. The molecule has 2 N–H and O–H groups in total. The van der Waals surface area contributed by atoms with Crippen molar-refractivity contribution in [2.75, 3.05) is 11.9 Å². The summed E-state index contributed by atoms with van der Waals surface area (Å²) in [6, 6.07) is 18.0. The van der Waals surface area contributed by atoms with Gasteiger partial charge in [-0.1, -0.05) is 42.5 Å². The van der Waals surface area contributed by atoms with Crippen molar-refractivity contribution in [2.45, 2.75) is 38.1 Å². The lowest BCUT2D eigenvalue weighted by Gasteiger charge is -2.15. The Hall–Kier alpha value is -2.95. The van der Waals surface area contributed by atoms with Gasteiger partial charge in [-0.05, 0) is 37.5 Å². The molecule has 5 nitrogen and oxygen atoms in total. The second-order valence-corrected chi connectivity index (χ2v) is 7.10. The number of anilines is 1. The molecule has 1 aliphatic rings. The fourth-order valence-electron chi connectivity index (χ4n) is 3.19. The first kappa shape index (κ1) is 17.5. The van der Waals surface area contributed by atoms with Crippen molar-refractivity contribution in [1.82, 2.24) is 15.3 Å². The molecule has 27 heavy (non-hydrogen) atoms. The Morgan fingerprint density at radius 3 is 2.59 bits per heavy atom. The van der Waals surface area contributed by atoms with E-state index in [1.54, 1.807) is 0 Å². The Kier molecular flexibility index (Phi) is 5.01. The highest BCUT2D eigenvalue weighted by Crippen LogP contribution is 2.39. The number of hydrogen-bond acceptors (Lipinski definition) is 4. The minimum Gasteiger partial charge on any atom is -0.369 e. The fourth-order valence-corrected chi connectivity index (χ4v) is 3.19. The molecule has 5 heteroatoms. The van der Waals surface area contributed by atoms with Crippen LogP contribution in [-0.2, 0) is 4.79 Å². The van der Waals surface area contributed by atoms with Crippen LogP contribution in [0.5, 0.6) is 0 Å². The summed E-state index contributed by atoms with van der Waals surface area (Å²) in [6.45, 7) is 2.54. The van der Waals surface area contributed by atoms with Crippen LogP contribution < -0.4 is 10.6 Å². The zero-order valence-corrected chi connectivity index (χ0v) is 15.5. The average Bonchev–Trinajstić information content (AvgIpc) is 3.54. The maximum atomic E-state index is 12.3. The van der Waals surface area contributed by atoms with Crippen LogP contribution in [0, 0.1) is 0 Å². The van der Waals surface area contributed by atoms with Crippen LogP contribution in [0.4, 0.5) is 5.82 Å². The lowest BCUT2D eigenvalue weighted by atomic mass is 10.1. The molecule has 1 atom stereocenters. The largest absolute Gasteiger partial charge is 0.369 e. The third kappa shape index (κ3) is 4.25. The number of nitrogens with one attached hydrogen (secondary N) is 2. The second-order valence-electron chi connectivity index (χ2n) is 7.10. The van der Waals surface area contributed by atoms with Gasteiger partial charge < -0.3 is 10.6 Å². The Morgan fingerprint density at radius 2 is 1.81 bits per heavy atom. The van der Waals surface area contributed by atoms with Crippen molar-refractivity contribution >= 4 is 22.6 Å². The van der Waals surface area contributed by atoms with E-state index < -0.39 is 0 Å². The molecule has 1 fully saturated rings. The molecule has 1 aromatic heterocycles. The summed E-state index contributed by atoms with van der Waals surface area (Å²) >= 11 is 0. The molecule has 1 saturated carbocycles. The van der Waals surface area contributed by atoms with Crippen LogP contribution in [0.1, 0.15) is 49.5 Å². The zero-order valence-electron chi connectivity index (χ0n) is 15.5. The molecule has 1 aliphatic carbocycles. The Bertz CT molecular complexity index is 937. The first-order valence-electron chi connectivity index (χ1n) is 9.55. The second kappa shape index (κ2) is 7.74. The van der Waals surface area contributed by atoms with Crippen molar-refractivity contribution in [3.8, 4) is 0 Å². The van der Waals surface area contributed by atoms with Crippen LogP contribution in [0.3, 0.4) is 0 Å². The van der Waals surface area contributed by atoms with Crippen molar-refractivity contribution < 1.29 is 4.79 Å². The summed E-state index contributed by atoms with van der Waals surface area (Å²) in [7, 11) is 0. The van der Waals surface area contributed by atoms with Gasteiger partial charge in [-0.3, -0.25) is 4.79 Å². The number of amides is 1. The molecule has 1 heterocycles. The van der Waals surface area contributed by atoms with Crippen LogP contribution in [0.15, 0.2) is 54.6 Å². The Labute approximate surface area is 159 Å². The third-order valence-corrected chi connectivity index (χ3v) is 4.88. The molecular formula is C22H24N4O. The van der Waals surface area contributed by atoms with Gasteiger partial charge in [0.2, 0.25) is 5.91 Å². The van der Waals surface area contributed by atoms with Gasteiger partial charge in [-0.15, -0.1) is 0 Å². The van der Waals surface area contributed by atoms with Crippen molar-refractivity contribution in [3.05, 3.63) is 66.0 Å². The van der Waals surface area contributed by atoms with Gasteiger partial charge in [0.05, 0.1) is 11.6 Å². The molecule has 0 radical (unpaired) electrons. The van der Waals surface area contributed by atoms with E-state index in [2.05, 4.69) is 15.6 Å². The lowest BCUT2D eigenvalue weighted by Crippen LogP contribution is -2.28. The number of rotatable bonds is 7. The standard InChI is InChI=1S/C22H24N4O/c1-15(16-7-3-2-4-8-16)24-20(27)13-14-23-22-18-9-5-6-10-19(18)25-21(26-22)17-11-12-17/h2-10,15,17H,11-14H2,1H3,(H,24,27)(H,23,25,26). The summed E-state index contributed by atoms with van der Waals surface area (Å²) in [5.41, 5.74) is 2.06. The molecular weight excluding hydrogens is 336 g/mol. The highest BCUT2D eigenvalue weighted by Gasteiger charge is 2.27. The maximum absolute atomic E-state index is 12.3. The Morgan fingerprint density at radius 1 is 1.07 bits per heavy atom. The molecule has 3 aromatic rings. The number of carbonyl (C=O) groups is 1. The average molecular weight is 360 g/mol. The van der Waals surface area contributed by atoms with Gasteiger partial charge in [0.1, 0.15) is 11.6 Å². The molecule has 2 aromatic carbocycles. The van der Waals surface area contributed by atoms with Gasteiger partial charge in [0, 0.05) is 24.3 Å². The van der Waals surface area contributed by atoms with Crippen LogP contribution in [-0.4, -0.2) is 22.4 Å². The van der Waals surface area contributed by atoms with E-state index in [4.69, 9.17) is 4.98 Å². The van der Waals surface area contributed by atoms with Crippen LogP contribution >= 0.6 is 0 Å². The molecule has 138 valence electrons. The van der Waals surface area contributed by atoms with E-state index in [1.807, 2.05) is 61.5 Å². The quantitative estimate of drug-likeness (QED) is 0.663. The maximum Gasteiger partial charge on any atom is 0.222 e. The molecule has 1 unspecified atom stereocenters. The zero-order chi connectivity index (χ0) is 18.6. The van der Waals surface area contributed by atoms with Crippen molar-refractivity contribution in [2.24, 2.45) is 0 Å². The predicted octanol–water partition coefficient (Wildman–Crippen LogP) is 4.19. The highest BCUT2D eigenvalue weighted by molar-refractivity contribution is 5.89. The minimum absolute atomic E-state index is 0.0000460. The number of hydrogen-bond donors (Lipinski definition) is 2. The monoisotopic (exact) mass is 360 g/mol. The van der Waals surface area contributed by atoms with E-state index in [-0.39, 0.29) is 11.9 Å². The Balaban J connectivity index is 1.38.